The third kappa shape index (κ3) is 4.38. The minimum absolute atomic E-state index is 0.331. The number of aliphatic hydroxyl groups excluding tert-OH is 1. The molecule has 0 amide bonds. The average Bonchev–Trinajstić information content (AvgIpc) is 2.98. The molecule has 3 aromatic rings. The molecule has 0 aliphatic carbocycles. The number of aryl methyl sites for hydroxylation is 1. The van der Waals surface area contributed by atoms with E-state index >= 15 is 0 Å². The van der Waals surface area contributed by atoms with Gasteiger partial charge in [-0.15, -0.1) is 0 Å². The second-order valence-corrected chi connectivity index (χ2v) is 8.78. The molecule has 2 heterocycles. The molecule has 1 unspecified atom stereocenters. The van der Waals surface area contributed by atoms with Crippen LogP contribution in [-0.4, -0.2) is 33.8 Å². The molecule has 148 valence electrons. The van der Waals surface area contributed by atoms with Gasteiger partial charge >= 0.3 is 0 Å². The van der Waals surface area contributed by atoms with Gasteiger partial charge in [-0.3, -0.25) is 4.90 Å². The number of hydrogen-bond donors (Lipinski definition) is 1. The van der Waals surface area contributed by atoms with Crippen molar-refractivity contribution in [3.05, 3.63) is 69.8 Å². The van der Waals surface area contributed by atoms with Gasteiger partial charge in [-0.2, -0.15) is 0 Å². The molecule has 1 atom stereocenters. The quantitative estimate of drug-likeness (QED) is 0.591. The van der Waals surface area contributed by atoms with Crippen LogP contribution < -0.4 is 0 Å². The van der Waals surface area contributed by atoms with E-state index in [1.165, 1.54) is 5.56 Å². The molecule has 1 aliphatic heterocycles. The van der Waals surface area contributed by atoms with E-state index < -0.39 is 0 Å². The van der Waals surface area contributed by atoms with Gasteiger partial charge in [-0.25, -0.2) is 0 Å². The summed E-state index contributed by atoms with van der Waals surface area (Å²) in [5, 5.41) is 13.6. The van der Waals surface area contributed by atoms with E-state index in [9.17, 15) is 5.11 Å². The summed E-state index contributed by atoms with van der Waals surface area (Å²) in [6.07, 6.45) is 1.72. The normalized spacial score (nSPS) is 17.3. The minimum atomic E-state index is -0.331. The molecule has 4 rings (SSSR count). The highest BCUT2D eigenvalue weighted by atomic mass is 35.5. The van der Waals surface area contributed by atoms with Gasteiger partial charge in [0.1, 0.15) is 0 Å². The fourth-order valence-corrected chi connectivity index (χ4v) is 4.61. The van der Waals surface area contributed by atoms with E-state index in [-0.39, 0.29) is 6.10 Å². The monoisotopic (exact) mass is 416 g/mol. The van der Waals surface area contributed by atoms with Crippen molar-refractivity contribution in [2.75, 3.05) is 13.1 Å². The Hall–Kier alpha value is -1.52. The Bertz CT molecular complexity index is 943. The summed E-state index contributed by atoms with van der Waals surface area (Å²) in [5.74, 6) is 0.339. The van der Waals surface area contributed by atoms with Gasteiger partial charge in [0, 0.05) is 39.7 Å². The third-order valence-corrected chi connectivity index (χ3v) is 6.42. The lowest BCUT2D eigenvalue weighted by Gasteiger charge is -2.34. The highest BCUT2D eigenvalue weighted by molar-refractivity contribution is 6.31. The molecule has 28 heavy (non-hydrogen) atoms. The number of likely N-dealkylation sites (tertiary alicyclic amines) is 1. The van der Waals surface area contributed by atoms with Crippen LogP contribution in [-0.2, 0) is 13.1 Å². The van der Waals surface area contributed by atoms with Crippen LogP contribution in [0, 0.1) is 12.8 Å². The van der Waals surface area contributed by atoms with Crippen LogP contribution in [0.3, 0.4) is 0 Å². The zero-order chi connectivity index (χ0) is 19.7. The molecule has 0 bridgehead atoms. The molecule has 1 saturated heterocycles. The number of piperidine rings is 1. The predicted molar refractivity (Wildman–Crippen MR) is 117 cm³/mol. The summed E-state index contributed by atoms with van der Waals surface area (Å²) >= 11 is 12.1. The largest absolute Gasteiger partial charge is 0.391 e. The fraction of sp³-hybridized carbons (Fsp3) is 0.391. The fourth-order valence-electron chi connectivity index (χ4n) is 4.30. The van der Waals surface area contributed by atoms with Crippen molar-refractivity contribution in [1.82, 2.24) is 9.47 Å². The number of halogens is 2. The van der Waals surface area contributed by atoms with Gasteiger partial charge in [-0.1, -0.05) is 35.3 Å². The van der Waals surface area contributed by atoms with Crippen LogP contribution >= 0.6 is 23.2 Å². The molecule has 0 radical (unpaired) electrons. The molecular weight excluding hydrogens is 391 g/mol. The molecule has 0 spiro atoms. The topological polar surface area (TPSA) is 28.4 Å². The summed E-state index contributed by atoms with van der Waals surface area (Å²) in [6.45, 7) is 5.72. The number of nitrogens with zero attached hydrogens (tertiary/aromatic N) is 2. The number of benzene rings is 2. The lowest BCUT2D eigenvalue weighted by Crippen LogP contribution is -2.38. The van der Waals surface area contributed by atoms with Gasteiger partial charge in [0.2, 0.25) is 0 Å². The van der Waals surface area contributed by atoms with E-state index in [0.717, 1.165) is 59.1 Å². The number of rotatable bonds is 5. The van der Waals surface area contributed by atoms with E-state index in [1.54, 1.807) is 0 Å². The Morgan fingerprint density at radius 1 is 1.00 bits per heavy atom. The Kier molecular flexibility index (Phi) is 5.98. The number of fused-ring (bicyclic) bond motifs is 1. The number of aliphatic hydroxyl groups is 1. The van der Waals surface area contributed by atoms with Crippen LogP contribution in [0.4, 0.5) is 0 Å². The highest BCUT2D eigenvalue weighted by Crippen LogP contribution is 2.27. The van der Waals surface area contributed by atoms with Crippen molar-refractivity contribution in [3.63, 3.8) is 0 Å². The summed E-state index contributed by atoms with van der Waals surface area (Å²) in [4.78, 5) is 2.46. The molecule has 0 saturated carbocycles. The Morgan fingerprint density at radius 3 is 2.39 bits per heavy atom. The van der Waals surface area contributed by atoms with Crippen molar-refractivity contribution in [2.24, 2.45) is 5.92 Å². The molecule has 1 aliphatic rings. The summed E-state index contributed by atoms with van der Waals surface area (Å²) in [6, 6.07) is 16.2. The van der Waals surface area contributed by atoms with Gasteiger partial charge in [-0.05, 0) is 80.7 Å². The first-order valence-electron chi connectivity index (χ1n) is 9.90. The lowest BCUT2D eigenvalue weighted by molar-refractivity contribution is 0.0463. The first kappa shape index (κ1) is 19.8. The highest BCUT2D eigenvalue weighted by Gasteiger charge is 2.26. The zero-order valence-electron chi connectivity index (χ0n) is 16.1. The van der Waals surface area contributed by atoms with E-state index in [2.05, 4.69) is 34.6 Å². The molecule has 2 aromatic carbocycles. The van der Waals surface area contributed by atoms with Crippen LogP contribution in [0.1, 0.15) is 24.1 Å². The number of aromatic nitrogens is 1. The smallest absolute Gasteiger partial charge is 0.0748 e. The Morgan fingerprint density at radius 2 is 1.68 bits per heavy atom. The van der Waals surface area contributed by atoms with Crippen LogP contribution in [0.15, 0.2) is 48.5 Å². The van der Waals surface area contributed by atoms with Crippen molar-refractivity contribution in [3.8, 4) is 0 Å². The third-order valence-electron chi connectivity index (χ3n) is 5.94. The first-order valence-corrected chi connectivity index (χ1v) is 10.7. The Balaban J connectivity index is 1.36. The van der Waals surface area contributed by atoms with Crippen LogP contribution in [0.25, 0.3) is 10.9 Å². The summed E-state index contributed by atoms with van der Waals surface area (Å²) in [5.41, 5.74) is 3.59. The lowest BCUT2D eigenvalue weighted by atomic mass is 9.91. The molecule has 3 nitrogen and oxygen atoms in total. The zero-order valence-corrected chi connectivity index (χ0v) is 17.6. The molecular formula is C23H26Cl2N2O. The maximum absolute atomic E-state index is 10.9. The van der Waals surface area contributed by atoms with Crippen molar-refractivity contribution >= 4 is 34.1 Å². The van der Waals surface area contributed by atoms with Crippen molar-refractivity contribution < 1.29 is 5.11 Å². The molecule has 1 N–H and O–H groups in total. The van der Waals surface area contributed by atoms with Gasteiger partial charge in [0.25, 0.3) is 0 Å². The van der Waals surface area contributed by atoms with Crippen molar-refractivity contribution in [1.29, 1.82) is 0 Å². The van der Waals surface area contributed by atoms with Gasteiger partial charge in [0.05, 0.1) is 6.10 Å². The van der Waals surface area contributed by atoms with E-state index in [0.29, 0.717) is 12.5 Å². The second-order valence-electron chi connectivity index (χ2n) is 7.91. The maximum atomic E-state index is 10.9. The average molecular weight is 417 g/mol. The SMILES string of the molecule is Cc1cc2cc(Cl)ccc2n1CC(O)C1CCN(Cc2ccc(Cl)cc2)CC1. The van der Waals surface area contributed by atoms with Crippen molar-refractivity contribution in [2.45, 2.75) is 39.0 Å². The summed E-state index contributed by atoms with van der Waals surface area (Å²) in [7, 11) is 0. The predicted octanol–water partition coefficient (Wildman–Crippen LogP) is 5.53. The van der Waals surface area contributed by atoms with Crippen LogP contribution in [0.2, 0.25) is 10.0 Å². The van der Waals surface area contributed by atoms with Gasteiger partial charge in [0.15, 0.2) is 0 Å². The standard InChI is InChI=1S/C23H26Cl2N2O/c1-16-12-19-13-21(25)6-7-22(19)27(16)15-23(28)18-8-10-26(11-9-18)14-17-2-4-20(24)5-3-17/h2-7,12-13,18,23,28H,8-11,14-15H2,1H3. The number of hydrogen-bond acceptors (Lipinski definition) is 2. The first-order chi connectivity index (χ1) is 13.5. The molecule has 1 aromatic heterocycles. The molecule has 5 heteroatoms. The van der Waals surface area contributed by atoms with E-state index in [1.807, 2.05) is 30.3 Å². The molecule has 1 fully saturated rings. The van der Waals surface area contributed by atoms with Crippen LogP contribution in [0.5, 0.6) is 0 Å². The minimum Gasteiger partial charge on any atom is -0.391 e. The second kappa shape index (κ2) is 8.46. The van der Waals surface area contributed by atoms with E-state index in [4.69, 9.17) is 23.2 Å². The summed E-state index contributed by atoms with van der Waals surface area (Å²) < 4.78 is 2.22. The Labute approximate surface area is 176 Å². The van der Waals surface area contributed by atoms with Gasteiger partial charge < -0.3 is 9.67 Å². The maximum Gasteiger partial charge on any atom is 0.0748 e.